The van der Waals surface area contributed by atoms with Crippen LogP contribution in [0.4, 0.5) is 11.4 Å². The molecular formula is C28H37N3O5. The zero-order valence-corrected chi connectivity index (χ0v) is 21.2. The Balaban J connectivity index is 1.62. The van der Waals surface area contributed by atoms with E-state index in [0.29, 0.717) is 30.0 Å². The average Bonchev–Trinajstić information content (AvgIpc) is 2.87. The van der Waals surface area contributed by atoms with E-state index in [-0.39, 0.29) is 48.5 Å². The fourth-order valence-electron chi connectivity index (χ4n) is 4.37. The van der Waals surface area contributed by atoms with Crippen LogP contribution in [0.1, 0.15) is 49.5 Å². The van der Waals surface area contributed by atoms with E-state index in [0.717, 1.165) is 12.0 Å². The summed E-state index contributed by atoms with van der Waals surface area (Å²) in [6.45, 7) is 6.98. The number of nitrogens with two attached hydrogens (primary N) is 1. The third kappa shape index (κ3) is 7.08. The summed E-state index contributed by atoms with van der Waals surface area (Å²) in [7, 11) is 0. The molecule has 2 aromatic carbocycles. The van der Waals surface area contributed by atoms with Crippen molar-refractivity contribution in [3.8, 4) is 0 Å². The highest BCUT2D eigenvalue weighted by Gasteiger charge is 2.38. The predicted molar refractivity (Wildman–Crippen MR) is 140 cm³/mol. The Labute approximate surface area is 212 Å². The first kappa shape index (κ1) is 27.2. The molecule has 2 amide bonds. The maximum atomic E-state index is 12.9. The molecule has 194 valence electrons. The van der Waals surface area contributed by atoms with Crippen LogP contribution in [-0.2, 0) is 20.8 Å². The normalized spacial score (nSPS) is 19.4. The van der Waals surface area contributed by atoms with Gasteiger partial charge in [-0.2, -0.15) is 0 Å². The Bertz CT molecular complexity index is 1050. The molecule has 3 atom stereocenters. The average molecular weight is 496 g/mol. The molecule has 3 unspecified atom stereocenters. The van der Waals surface area contributed by atoms with E-state index in [9.17, 15) is 14.7 Å². The van der Waals surface area contributed by atoms with Crippen LogP contribution < -0.4 is 16.4 Å². The lowest BCUT2D eigenvalue weighted by molar-refractivity contribution is -0.175. The van der Waals surface area contributed by atoms with Crippen molar-refractivity contribution in [2.75, 3.05) is 24.3 Å². The van der Waals surface area contributed by atoms with Gasteiger partial charge in [0.2, 0.25) is 6.29 Å². The van der Waals surface area contributed by atoms with Crippen molar-refractivity contribution in [2.24, 2.45) is 17.8 Å². The van der Waals surface area contributed by atoms with Crippen molar-refractivity contribution in [1.82, 2.24) is 5.32 Å². The van der Waals surface area contributed by atoms with Gasteiger partial charge in [0.15, 0.2) is 5.76 Å². The number of amides is 2. The number of hydrogen-bond acceptors (Lipinski definition) is 6. The summed E-state index contributed by atoms with van der Waals surface area (Å²) in [4.78, 5) is 25.5. The summed E-state index contributed by atoms with van der Waals surface area (Å²) in [6, 6.07) is 14.1. The molecular weight excluding hydrogens is 458 g/mol. The van der Waals surface area contributed by atoms with Gasteiger partial charge in [0.05, 0.1) is 11.4 Å². The van der Waals surface area contributed by atoms with Gasteiger partial charge in [-0.1, -0.05) is 38.1 Å². The minimum atomic E-state index is -0.531. The Morgan fingerprint density at radius 2 is 1.83 bits per heavy atom. The number of aliphatic hydroxyl groups is 1. The van der Waals surface area contributed by atoms with Gasteiger partial charge in [0.25, 0.3) is 11.8 Å². The van der Waals surface area contributed by atoms with Crippen molar-refractivity contribution in [1.29, 1.82) is 0 Å². The quantitative estimate of drug-likeness (QED) is 0.349. The van der Waals surface area contributed by atoms with E-state index in [4.69, 9.17) is 15.2 Å². The summed E-state index contributed by atoms with van der Waals surface area (Å²) >= 11 is 0. The summed E-state index contributed by atoms with van der Waals surface area (Å²) in [6.07, 6.45) is 2.77. The third-order valence-electron chi connectivity index (χ3n) is 6.33. The van der Waals surface area contributed by atoms with Crippen molar-refractivity contribution in [2.45, 2.75) is 46.4 Å². The zero-order chi connectivity index (χ0) is 26.1. The van der Waals surface area contributed by atoms with Crippen LogP contribution in [0.2, 0.25) is 0 Å². The lowest BCUT2D eigenvalue weighted by Gasteiger charge is -2.38. The predicted octanol–water partition coefficient (Wildman–Crippen LogP) is 4.07. The van der Waals surface area contributed by atoms with E-state index >= 15 is 0 Å². The molecule has 5 N–H and O–H groups in total. The molecule has 0 saturated carbocycles. The molecule has 3 rings (SSSR count). The number of allylic oxidation sites excluding steroid dienone is 1. The maximum absolute atomic E-state index is 12.9. The highest BCUT2D eigenvalue weighted by Crippen LogP contribution is 2.37. The fourth-order valence-corrected chi connectivity index (χ4v) is 4.37. The molecule has 36 heavy (non-hydrogen) atoms. The molecule has 1 heterocycles. The van der Waals surface area contributed by atoms with Crippen LogP contribution in [-0.4, -0.2) is 36.4 Å². The standard InChI is InChI=1S/C28H37N3O5/c1-4-35-28-21(8-7-15-32)22(18(2)3)16-25(36-28)27(34)30-17-19-11-13-20(14-12-19)26(33)31-24-10-6-5-9-23(24)29/h5-6,9-14,16,18,21-22,28,32H,4,7-8,15,17,29H2,1-3H3,(H,30,34)(H,31,33). The number of nitrogen functional groups attached to an aromatic ring is 1. The second-order valence-electron chi connectivity index (χ2n) is 9.24. The number of hydrogen-bond donors (Lipinski definition) is 4. The Morgan fingerprint density at radius 1 is 1.11 bits per heavy atom. The molecule has 8 nitrogen and oxygen atoms in total. The van der Waals surface area contributed by atoms with E-state index < -0.39 is 6.29 Å². The van der Waals surface area contributed by atoms with Gasteiger partial charge in [-0.25, -0.2) is 0 Å². The first-order valence-electron chi connectivity index (χ1n) is 12.5. The third-order valence-corrected chi connectivity index (χ3v) is 6.33. The molecule has 2 aromatic rings. The largest absolute Gasteiger partial charge is 0.459 e. The van der Waals surface area contributed by atoms with Gasteiger partial charge in [-0.3, -0.25) is 9.59 Å². The summed E-state index contributed by atoms with van der Waals surface area (Å²) < 4.78 is 11.8. The summed E-state index contributed by atoms with van der Waals surface area (Å²) in [5.74, 6) is 0.128. The second kappa shape index (κ2) is 13.1. The van der Waals surface area contributed by atoms with Crippen LogP contribution in [0.5, 0.6) is 0 Å². The number of anilines is 2. The number of nitrogens with one attached hydrogen (secondary N) is 2. The van der Waals surface area contributed by atoms with Crippen molar-refractivity contribution in [3.05, 3.63) is 71.5 Å². The van der Waals surface area contributed by atoms with Crippen LogP contribution in [0.25, 0.3) is 0 Å². The van der Waals surface area contributed by atoms with E-state index in [1.807, 2.05) is 13.0 Å². The van der Waals surface area contributed by atoms with Crippen molar-refractivity contribution >= 4 is 23.2 Å². The summed E-state index contributed by atoms with van der Waals surface area (Å²) in [5.41, 5.74) is 8.28. The number of carbonyl (C=O) groups excluding carboxylic acids is 2. The van der Waals surface area contributed by atoms with E-state index in [2.05, 4.69) is 24.5 Å². The van der Waals surface area contributed by atoms with E-state index in [1.165, 1.54) is 0 Å². The SMILES string of the molecule is CCOC1OC(C(=O)NCc2ccc(C(=O)Nc3ccccc3N)cc2)=CC(C(C)C)C1CCCO. The van der Waals surface area contributed by atoms with E-state index in [1.54, 1.807) is 48.5 Å². The first-order valence-corrected chi connectivity index (χ1v) is 12.5. The Hall–Kier alpha value is -3.36. The molecule has 0 aromatic heterocycles. The minimum Gasteiger partial charge on any atom is -0.459 e. The Morgan fingerprint density at radius 3 is 2.47 bits per heavy atom. The van der Waals surface area contributed by atoms with Crippen LogP contribution >= 0.6 is 0 Å². The molecule has 0 spiro atoms. The molecule has 0 radical (unpaired) electrons. The number of ether oxygens (including phenoxy) is 2. The molecule has 0 aliphatic carbocycles. The second-order valence-corrected chi connectivity index (χ2v) is 9.24. The highest BCUT2D eigenvalue weighted by atomic mass is 16.7. The van der Waals surface area contributed by atoms with Crippen molar-refractivity contribution in [3.63, 3.8) is 0 Å². The van der Waals surface area contributed by atoms with Gasteiger partial charge in [0, 0.05) is 31.2 Å². The first-order chi connectivity index (χ1) is 17.3. The number of para-hydroxylation sites is 2. The van der Waals surface area contributed by atoms with Crippen LogP contribution in [0, 0.1) is 17.8 Å². The van der Waals surface area contributed by atoms with Gasteiger partial charge in [-0.05, 0) is 67.5 Å². The topological polar surface area (TPSA) is 123 Å². The fraction of sp³-hybridized carbons (Fsp3) is 0.429. The maximum Gasteiger partial charge on any atom is 0.286 e. The number of carbonyl (C=O) groups is 2. The van der Waals surface area contributed by atoms with Gasteiger partial charge in [0.1, 0.15) is 0 Å². The Kier molecular flexibility index (Phi) is 9.90. The summed E-state index contributed by atoms with van der Waals surface area (Å²) in [5, 5.41) is 15.0. The molecule has 0 saturated heterocycles. The minimum absolute atomic E-state index is 0.0681. The number of rotatable bonds is 11. The van der Waals surface area contributed by atoms with Gasteiger partial charge >= 0.3 is 0 Å². The highest BCUT2D eigenvalue weighted by molar-refractivity contribution is 6.05. The lowest BCUT2D eigenvalue weighted by atomic mass is 9.78. The molecule has 1 aliphatic rings. The monoisotopic (exact) mass is 495 g/mol. The molecule has 0 fully saturated rings. The molecule has 1 aliphatic heterocycles. The number of benzene rings is 2. The van der Waals surface area contributed by atoms with Crippen LogP contribution in [0.3, 0.4) is 0 Å². The van der Waals surface area contributed by atoms with Crippen LogP contribution in [0.15, 0.2) is 60.4 Å². The number of aliphatic hydroxyl groups excluding tert-OH is 1. The van der Waals surface area contributed by atoms with Gasteiger partial charge < -0.3 is 30.9 Å². The zero-order valence-electron chi connectivity index (χ0n) is 21.2. The smallest absolute Gasteiger partial charge is 0.286 e. The molecule has 0 bridgehead atoms. The lowest BCUT2D eigenvalue weighted by Crippen LogP contribution is -2.41. The van der Waals surface area contributed by atoms with Crippen molar-refractivity contribution < 1.29 is 24.2 Å². The van der Waals surface area contributed by atoms with Gasteiger partial charge in [-0.15, -0.1) is 0 Å². The molecule has 8 heteroatoms.